The molecular weight excluding hydrogens is 347 g/mol. The van der Waals surface area contributed by atoms with Crippen molar-refractivity contribution in [2.45, 2.75) is 45.1 Å². The summed E-state index contributed by atoms with van der Waals surface area (Å²) in [6, 6.07) is 6.32. The first-order chi connectivity index (χ1) is 13.0. The molecule has 1 aliphatic carbocycles. The fourth-order valence-electron chi connectivity index (χ4n) is 4.08. The van der Waals surface area contributed by atoms with Crippen LogP contribution >= 0.6 is 0 Å². The number of amides is 1. The number of anilines is 1. The summed E-state index contributed by atoms with van der Waals surface area (Å²) in [4.78, 5) is 27.3. The number of furan rings is 1. The van der Waals surface area contributed by atoms with Crippen LogP contribution in [0.2, 0.25) is 0 Å². The SMILES string of the molecule is Cc1oc2c(c1C(=O)N1CCC[C@@H](Nc3ccc(F)cc3)C1)C(=O)CCC2. The molecule has 142 valence electrons. The van der Waals surface area contributed by atoms with Crippen molar-refractivity contribution < 1.29 is 18.4 Å². The summed E-state index contributed by atoms with van der Waals surface area (Å²) >= 11 is 0. The molecule has 2 aliphatic rings. The maximum atomic E-state index is 13.2. The number of Topliss-reactive ketones (excluding diaryl/α,β-unsaturated/α-hetero) is 1. The Bertz CT molecular complexity index is 872. The van der Waals surface area contributed by atoms with Crippen molar-refractivity contribution in [2.75, 3.05) is 18.4 Å². The summed E-state index contributed by atoms with van der Waals surface area (Å²) < 4.78 is 18.8. The lowest BCUT2D eigenvalue weighted by Crippen LogP contribution is -2.45. The summed E-state index contributed by atoms with van der Waals surface area (Å²) in [5.74, 6) is 0.803. The number of benzene rings is 1. The second-order valence-electron chi connectivity index (χ2n) is 7.35. The van der Waals surface area contributed by atoms with Crippen LogP contribution in [-0.4, -0.2) is 35.7 Å². The molecule has 1 N–H and O–H groups in total. The number of aryl methyl sites for hydroxylation is 2. The zero-order chi connectivity index (χ0) is 19.0. The van der Waals surface area contributed by atoms with Crippen LogP contribution in [0.15, 0.2) is 28.7 Å². The molecule has 5 nitrogen and oxygen atoms in total. The molecule has 0 radical (unpaired) electrons. The number of halogens is 1. The van der Waals surface area contributed by atoms with Crippen molar-refractivity contribution in [1.82, 2.24) is 4.90 Å². The van der Waals surface area contributed by atoms with Crippen molar-refractivity contribution in [3.05, 3.63) is 52.7 Å². The Morgan fingerprint density at radius 3 is 2.78 bits per heavy atom. The van der Waals surface area contributed by atoms with Gasteiger partial charge in [-0.3, -0.25) is 9.59 Å². The Morgan fingerprint density at radius 2 is 2.00 bits per heavy atom. The van der Waals surface area contributed by atoms with Crippen molar-refractivity contribution in [3.63, 3.8) is 0 Å². The molecule has 0 spiro atoms. The summed E-state index contributed by atoms with van der Waals surface area (Å²) in [5, 5.41) is 3.37. The van der Waals surface area contributed by atoms with E-state index in [1.807, 2.05) is 0 Å². The molecule has 1 aromatic carbocycles. The maximum absolute atomic E-state index is 13.2. The molecule has 2 aromatic rings. The van der Waals surface area contributed by atoms with Gasteiger partial charge in [0.1, 0.15) is 17.3 Å². The van der Waals surface area contributed by atoms with E-state index < -0.39 is 0 Å². The predicted molar refractivity (Wildman–Crippen MR) is 99.7 cm³/mol. The zero-order valence-corrected chi connectivity index (χ0v) is 15.4. The van der Waals surface area contributed by atoms with Crippen LogP contribution in [0.25, 0.3) is 0 Å². The number of fused-ring (bicyclic) bond motifs is 1. The molecular formula is C21H23FN2O3. The van der Waals surface area contributed by atoms with Gasteiger partial charge in [0.15, 0.2) is 5.78 Å². The Labute approximate surface area is 157 Å². The van der Waals surface area contributed by atoms with Crippen LogP contribution in [-0.2, 0) is 6.42 Å². The molecule has 27 heavy (non-hydrogen) atoms. The van der Waals surface area contributed by atoms with Crippen molar-refractivity contribution >= 4 is 17.4 Å². The van der Waals surface area contributed by atoms with Gasteiger partial charge >= 0.3 is 0 Å². The average molecular weight is 370 g/mol. The van der Waals surface area contributed by atoms with Crippen molar-refractivity contribution in [3.8, 4) is 0 Å². The fourth-order valence-corrected chi connectivity index (χ4v) is 4.08. The third-order valence-electron chi connectivity index (χ3n) is 5.38. The zero-order valence-electron chi connectivity index (χ0n) is 15.4. The number of rotatable bonds is 3. The first-order valence-electron chi connectivity index (χ1n) is 9.50. The highest BCUT2D eigenvalue weighted by atomic mass is 19.1. The summed E-state index contributed by atoms with van der Waals surface area (Å²) in [7, 11) is 0. The third-order valence-corrected chi connectivity index (χ3v) is 5.38. The number of nitrogens with zero attached hydrogens (tertiary/aromatic N) is 1. The topological polar surface area (TPSA) is 62.6 Å². The smallest absolute Gasteiger partial charge is 0.258 e. The predicted octanol–water partition coefficient (Wildman–Crippen LogP) is 3.96. The van der Waals surface area contributed by atoms with Gasteiger partial charge in [-0.25, -0.2) is 4.39 Å². The monoisotopic (exact) mass is 370 g/mol. The van der Waals surface area contributed by atoms with E-state index in [9.17, 15) is 14.0 Å². The molecule has 2 heterocycles. The molecule has 1 atom stereocenters. The number of carbonyl (C=O) groups is 2. The Hall–Kier alpha value is -2.63. The fraction of sp³-hybridized carbons (Fsp3) is 0.429. The Balaban J connectivity index is 1.52. The first kappa shape index (κ1) is 17.8. The van der Waals surface area contributed by atoms with Gasteiger partial charge < -0.3 is 14.6 Å². The number of piperidine rings is 1. The van der Waals surface area contributed by atoms with E-state index in [0.29, 0.717) is 48.6 Å². The lowest BCUT2D eigenvalue weighted by atomic mass is 9.92. The third kappa shape index (κ3) is 3.48. The molecule has 4 rings (SSSR count). The minimum Gasteiger partial charge on any atom is -0.465 e. The van der Waals surface area contributed by atoms with Crippen LogP contribution in [0.3, 0.4) is 0 Å². The second-order valence-corrected chi connectivity index (χ2v) is 7.35. The molecule has 1 aliphatic heterocycles. The van der Waals surface area contributed by atoms with Crippen LogP contribution in [0.4, 0.5) is 10.1 Å². The van der Waals surface area contributed by atoms with Gasteiger partial charge in [-0.2, -0.15) is 0 Å². The number of carbonyl (C=O) groups excluding carboxylic acids is 2. The Morgan fingerprint density at radius 1 is 1.22 bits per heavy atom. The lowest BCUT2D eigenvalue weighted by Gasteiger charge is -2.34. The van der Waals surface area contributed by atoms with Crippen LogP contribution in [0, 0.1) is 12.7 Å². The number of hydrogen-bond acceptors (Lipinski definition) is 4. The Kier molecular flexibility index (Phi) is 4.72. The van der Waals surface area contributed by atoms with Crippen LogP contribution in [0.1, 0.15) is 57.9 Å². The minimum absolute atomic E-state index is 0.00875. The van der Waals surface area contributed by atoms with Crippen molar-refractivity contribution in [2.24, 2.45) is 0 Å². The molecule has 1 fully saturated rings. The van der Waals surface area contributed by atoms with Gasteiger partial charge in [0.25, 0.3) is 5.91 Å². The second kappa shape index (κ2) is 7.18. The highest BCUT2D eigenvalue weighted by Gasteiger charge is 2.34. The summed E-state index contributed by atoms with van der Waals surface area (Å²) in [5.41, 5.74) is 1.78. The molecule has 0 saturated carbocycles. The molecule has 1 aromatic heterocycles. The highest BCUT2D eigenvalue weighted by Crippen LogP contribution is 2.31. The van der Waals surface area contributed by atoms with Gasteiger partial charge in [-0.05, 0) is 50.5 Å². The van der Waals surface area contributed by atoms with E-state index in [1.165, 1.54) is 12.1 Å². The largest absolute Gasteiger partial charge is 0.465 e. The van der Waals surface area contributed by atoms with E-state index in [-0.39, 0.29) is 23.5 Å². The summed E-state index contributed by atoms with van der Waals surface area (Å²) in [6.45, 7) is 2.97. The summed E-state index contributed by atoms with van der Waals surface area (Å²) in [6.07, 6.45) is 3.77. The number of hydrogen-bond donors (Lipinski definition) is 1. The highest BCUT2D eigenvalue weighted by molar-refractivity contribution is 6.10. The van der Waals surface area contributed by atoms with Crippen LogP contribution in [0.5, 0.6) is 0 Å². The quantitative estimate of drug-likeness (QED) is 0.888. The van der Waals surface area contributed by atoms with Crippen molar-refractivity contribution in [1.29, 1.82) is 0 Å². The van der Waals surface area contributed by atoms with Gasteiger partial charge in [-0.1, -0.05) is 0 Å². The van der Waals surface area contributed by atoms with Gasteiger partial charge in [0, 0.05) is 37.7 Å². The van der Waals surface area contributed by atoms with E-state index in [1.54, 1.807) is 24.0 Å². The van der Waals surface area contributed by atoms with Gasteiger partial charge in [-0.15, -0.1) is 0 Å². The standard InChI is InChI=1S/C21H23FN2O3/c1-13-19(20-17(25)5-2-6-18(20)27-13)21(26)24-11-3-4-16(12-24)23-15-9-7-14(22)8-10-15/h7-10,16,23H,2-6,11-12H2,1H3/t16-/m1/s1. The van der Waals surface area contributed by atoms with Crippen LogP contribution < -0.4 is 5.32 Å². The normalized spacial score (nSPS) is 19.7. The molecule has 0 bridgehead atoms. The maximum Gasteiger partial charge on any atom is 0.258 e. The lowest BCUT2D eigenvalue weighted by molar-refractivity contribution is 0.0708. The molecule has 6 heteroatoms. The number of ketones is 1. The van der Waals surface area contributed by atoms with E-state index in [4.69, 9.17) is 4.42 Å². The first-order valence-corrected chi connectivity index (χ1v) is 9.50. The number of nitrogens with one attached hydrogen (secondary N) is 1. The van der Waals surface area contributed by atoms with Gasteiger partial charge in [0.2, 0.25) is 0 Å². The average Bonchev–Trinajstić information content (AvgIpc) is 3.00. The van der Waals surface area contributed by atoms with E-state index >= 15 is 0 Å². The molecule has 1 amide bonds. The minimum atomic E-state index is -0.272. The van der Waals surface area contributed by atoms with E-state index in [2.05, 4.69) is 5.32 Å². The van der Waals surface area contributed by atoms with E-state index in [0.717, 1.165) is 24.9 Å². The molecule has 1 saturated heterocycles. The molecule has 0 unspecified atom stereocenters. The number of likely N-dealkylation sites (tertiary alicyclic amines) is 1. The van der Waals surface area contributed by atoms with Gasteiger partial charge in [0.05, 0.1) is 11.1 Å².